The molecule has 1 aliphatic carbocycles. The van der Waals surface area contributed by atoms with Crippen molar-refractivity contribution >= 4 is 17.7 Å². The van der Waals surface area contributed by atoms with E-state index in [-0.39, 0.29) is 35.7 Å². The van der Waals surface area contributed by atoms with Crippen molar-refractivity contribution in [2.45, 2.75) is 44.7 Å². The number of amides is 3. The number of carbonyl (C=O) groups is 3. The largest absolute Gasteiger partial charge is 0.353 e. The van der Waals surface area contributed by atoms with Gasteiger partial charge in [0.25, 0.3) is 11.8 Å². The first-order chi connectivity index (χ1) is 15.9. The zero-order chi connectivity index (χ0) is 23.1. The first kappa shape index (κ1) is 21.6. The number of fused-ring (bicyclic) bond motifs is 1. The van der Waals surface area contributed by atoms with Crippen molar-refractivity contribution in [3.8, 4) is 0 Å². The molecule has 3 heterocycles. The van der Waals surface area contributed by atoms with E-state index in [1.54, 1.807) is 20.5 Å². The molecule has 0 bridgehead atoms. The van der Waals surface area contributed by atoms with Gasteiger partial charge in [-0.05, 0) is 43.9 Å². The van der Waals surface area contributed by atoms with Gasteiger partial charge in [-0.2, -0.15) is 5.10 Å². The number of nitrogens with zero attached hydrogens (tertiary/aromatic N) is 4. The summed E-state index contributed by atoms with van der Waals surface area (Å²) in [5, 5.41) is 7.55. The molecule has 2 aliphatic heterocycles. The van der Waals surface area contributed by atoms with Crippen LogP contribution in [0.5, 0.6) is 0 Å². The first-order valence-corrected chi connectivity index (χ1v) is 11.6. The van der Waals surface area contributed by atoms with Crippen LogP contribution in [0.15, 0.2) is 24.3 Å². The smallest absolute Gasteiger partial charge is 0.274 e. The molecule has 1 aromatic carbocycles. The van der Waals surface area contributed by atoms with Gasteiger partial charge in [-0.1, -0.05) is 6.07 Å². The summed E-state index contributed by atoms with van der Waals surface area (Å²) >= 11 is 0. The maximum atomic E-state index is 13.6. The average Bonchev–Trinajstić information content (AvgIpc) is 3.59. The SMILES string of the molecule is Cn1nc(C(=O)N2CCC[C@H](C(=O)NC3CC3)C2)c2c1CCN(C(=O)c1cccc(F)c1)C2. The van der Waals surface area contributed by atoms with Crippen LogP contribution in [0.1, 0.15) is 57.8 Å². The van der Waals surface area contributed by atoms with E-state index in [1.165, 1.54) is 18.2 Å². The van der Waals surface area contributed by atoms with Crippen molar-refractivity contribution in [2.24, 2.45) is 13.0 Å². The Kier molecular flexibility index (Phi) is 5.64. The molecule has 174 valence electrons. The zero-order valence-corrected chi connectivity index (χ0v) is 18.7. The van der Waals surface area contributed by atoms with E-state index >= 15 is 0 Å². The van der Waals surface area contributed by atoms with Crippen LogP contribution in [0.4, 0.5) is 4.39 Å². The minimum atomic E-state index is -0.457. The minimum Gasteiger partial charge on any atom is -0.353 e. The van der Waals surface area contributed by atoms with E-state index in [9.17, 15) is 18.8 Å². The van der Waals surface area contributed by atoms with E-state index in [0.717, 1.165) is 36.9 Å². The predicted molar refractivity (Wildman–Crippen MR) is 118 cm³/mol. The van der Waals surface area contributed by atoms with Gasteiger partial charge >= 0.3 is 0 Å². The fraction of sp³-hybridized carbons (Fsp3) is 0.500. The van der Waals surface area contributed by atoms with Gasteiger partial charge in [0, 0.05) is 56.0 Å². The molecule has 2 fully saturated rings. The first-order valence-electron chi connectivity index (χ1n) is 11.6. The van der Waals surface area contributed by atoms with Gasteiger partial charge in [-0.25, -0.2) is 4.39 Å². The van der Waals surface area contributed by atoms with Gasteiger partial charge in [0.05, 0.1) is 12.5 Å². The number of carbonyl (C=O) groups excluding carboxylic acids is 3. The third kappa shape index (κ3) is 4.36. The van der Waals surface area contributed by atoms with Crippen molar-refractivity contribution in [1.82, 2.24) is 24.9 Å². The van der Waals surface area contributed by atoms with Crippen LogP contribution in [-0.4, -0.2) is 63.0 Å². The number of halogens is 1. The number of likely N-dealkylation sites (tertiary alicyclic amines) is 1. The summed E-state index contributed by atoms with van der Waals surface area (Å²) in [5.74, 6) is -1.09. The van der Waals surface area contributed by atoms with Crippen molar-refractivity contribution in [3.05, 3.63) is 52.6 Å². The van der Waals surface area contributed by atoms with E-state index in [0.29, 0.717) is 37.8 Å². The Labute approximate surface area is 191 Å². The number of aromatic nitrogens is 2. The lowest BCUT2D eigenvalue weighted by Gasteiger charge is -2.32. The van der Waals surface area contributed by atoms with Gasteiger partial charge in [0.15, 0.2) is 5.69 Å². The fourth-order valence-corrected chi connectivity index (χ4v) is 4.81. The number of nitrogens with one attached hydrogen (secondary N) is 1. The van der Waals surface area contributed by atoms with Crippen LogP contribution < -0.4 is 5.32 Å². The number of aryl methyl sites for hydroxylation is 1. The topological polar surface area (TPSA) is 87.5 Å². The number of hydrogen-bond donors (Lipinski definition) is 1. The highest BCUT2D eigenvalue weighted by molar-refractivity contribution is 5.96. The zero-order valence-electron chi connectivity index (χ0n) is 18.7. The number of benzene rings is 1. The lowest BCUT2D eigenvalue weighted by Crippen LogP contribution is -2.46. The molecule has 1 atom stereocenters. The molecule has 2 aromatic rings. The highest BCUT2D eigenvalue weighted by Crippen LogP contribution is 2.27. The average molecular weight is 454 g/mol. The quantitative estimate of drug-likeness (QED) is 0.766. The Bertz CT molecular complexity index is 1110. The summed E-state index contributed by atoms with van der Waals surface area (Å²) in [4.78, 5) is 42.3. The van der Waals surface area contributed by atoms with Crippen LogP contribution in [0, 0.1) is 11.7 Å². The molecule has 1 saturated carbocycles. The number of hydrogen-bond acceptors (Lipinski definition) is 4. The van der Waals surface area contributed by atoms with Gasteiger partial charge in [-0.3, -0.25) is 19.1 Å². The lowest BCUT2D eigenvalue weighted by atomic mass is 9.96. The maximum absolute atomic E-state index is 13.6. The summed E-state index contributed by atoms with van der Waals surface area (Å²) in [7, 11) is 1.81. The Morgan fingerprint density at radius 3 is 2.67 bits per heavy atom. The summed E-state index contributed by atoms with van der Waals surface area (Å²) in [6.45, 7) is 1.69. The molecule has 0 spiro atoms. The highest BCUT2D eigenvalue weighted by Gasteiger charge is 2.35. The predicted octanol–water partition coefficient (Wildman–Crippen LogP) is 1.89. The van der Waals surface area contributed by atoms with Gasteiger partial charge in [0.1, 0.15) is 5.82 Å². The summed E-state index contributed by atoms with van der Waals surface area (Å²) in [5.41, 5.74) is 2.30. The van der Waals surface area contributed by atoms with E-state index in [1.807, 2.05) is 7.05 Å². The normalized spacial score (nSPS) is 20.4. The van der Waals surface area contributed by atoms with Crippen molar-refractivity contribution in [3.63, 3.8) is 0 Å². The third-order valence-electron chi connectivity index (χ3n) is 6.81. The van der Waals surface area contributed by atoms with Crippen LogP contribution in [0.2, 0.25) is 0 Å². The number of rotatable bonds is 4. The Morgan fingerprint density at radius 1 is 1.09 bits per heavy atom. The second kappa shape index (κ2) is 8.61. The van der Waals surface area contributed by atoms with Crippen LogP contribution in [0.3, 0.4) is 0 Å². The molecular formula is C24H28FN5O3. The van der Waals surface area contributed by atoms with Crippen LogP contribution in [-0.2, 0) is 24.8 Å². The van der Waals surface area contributed by atoms with Gasteiger partial charge in [-0.15, -0.1) is 0 Å². The van der Waals surface area contributed by atoms with Crippen molar-refractivity contribution in [1.29, 1.82) is 0 Å². The molecule has 5 rings (SSSR count). The van der Waals surface area contributed by atoms with Crippen LogP contribution in [0.25, 0.3) is 0 Å². The molecular weight excluding hydrogens is 425 g/mol. The second-order valence-corrected chi connectivity index (χ2v) is 9.26. The fourth-order valence-electron chi connectivity index (χ4n) is 4.81. The monoisotopic (exact) mass is 453 g/mol. The molecule has 1 N–H and O–H groups in total. The molecule has 8 nitrogen and oxygen atoms in total. The lowest BCUT2D eigenvalue weighted by molar-refractivity contribution is -0.126. The van der Waals surface area contributed by atoms with Crippen molar-refractivity contribution < 1.29 is 18.8 Å². The summed E-state index contributed by atoms with van der Waals surface area (Å²) in [6, 6.07) is 5.95. The molecule has 1 aromatic heterocycles. The molecule has 9 heteroatoms. The van der Waals surface area contributed by atoms with Gasteiger partial charge in [0.2, 0.25) is 5.91 Å². The Morgan fingerprint density at radius 2 is 1.91 bits per heavy atom. The van der Waals surface area contributed by atoms with Gasteiger partial charge < -0.3 is 15.1 Å². The standard InChI is InChI=1S/C24H28FN5O3/c1-28-20-9-11-30(23(32)15-4-2-6-17(25)12-15)14-19(20)21(27-28)24(33)29-10-3-5-16(13-29)22(31)26-18-7-8-18/h2,4,6,12,16,18H,3,5,7-11,13-14H2,1H3,(H,26,31)/t16-/m0/s1. The molecule has 1 saturated heterocycles. The van der Waals surface area contributed by atoms with E-state index in [4.69, 9.17) is 0 Å². The second-order valence-electron chi connectivity index (χ2n) is 9.26. The summed E-state index contributed by atoms with van der Waals surface area (Å²) < 4.78 is 15.3. The Hall–Kier alpha value is -3.23. The third-order valence-corrected chi connectivity index (χ3v) is 6.81. The molecule has 0 unspecified atom stereocenters. The van der Waals surface area contributed by atoms with E-state index in [2.05, 4.69) is 10.4 Å². The molecule has 33 heavy (non-hydrogen) atoms. The highest BCUT2D eigenvalue weighted by atomic mass is 19.1. The van der Waals surface area contributed by atoms with E-state index < -0.39 is 5.82 Å². The van der Waals surface area contributed by atoms with Crippen molar-refractivity contribution in [2.75, 3.05) is 19.6 Å². The number of piperidine rings is 1. The summed E-state index contributed by atoms with van der Waals surface area (Å²) in [6.07, 6.45) is 4.18. The maximum Gasteiger partial charge on any atom is 0.274 e. The van der Waals surface area contributed by atoms with Crippen LogP contribution >= 0.6 is 0 Å². The molecule has 3 aliphatic rings. The molecule has 0 radical (unpaired) electrons. The minimum absolute atomic E-state index is 0.0323. The molecule has 3 amide bonds. The Balaban J connectivity index is 1.33.